The maximum Gasteiger partial charge on any atom is 0.264 e. The summed E-state index contributed by atoms with van der Waals surface area (Å²) in [6, 6.07) is 16.7. The Morgan fingerprint density at radius 1 is 1.20 bits per heavy atom. The molecule has 156 valence electrons. The first kappa shape index (κ1) is 20.7. The number of nitrogens with one attached hydrogen (secondary N) is 1. The highest BCUT2D eigenvalue weighted by atomic mass is 32.2. The summed E-state index contributed by atoms with van der Waals surface area (Å²) in [4.78, 5) is 20.2. The normalized spacial score (nSPS) is 23.2. The van der Waals surface area contributed by atoms with Gasteiger partial charge in [0.25, 0.3) is 5.91 Å². The Labute approximate surface area is 183 Å². The van der Waals surface area contributed by atoms with Gasteiger partial charge in [-0.05, 0) is 93.3 Å². The van der Waals surface area contributed by atoms with Crippen molar-refractivity contribution >= 4 is 40.3 Å². The van der Waals surface area contributed by atoms with E-state index in [4.69, 9.17) is 0 Å². The lowest BCUT2D eigenvalue weighted by Crippen LogP contribution is -2.51. The van der Waals surface area contributed by atoms with Crippen molar-refractivity contribution in [3.05, 3.63) is 64.6 Å². The second-order valence-electron chi connectivity index (χ2n) is 9.02. The Morgan fingerprint density at radius 2 is 1.93 bits per heavy atom. The monoisotopic (exact) mass is 419 g/mol. The van der Waals surface area contributed by atoms with Crippen molar-refractivity contribution in [2.45, 2.75) is 58.5 Å². The lowest BCUT2D eigenvalue weighted by Gasteiger charge is -2.50. The van der Waals surface area contributed by atoms with Crippen LogP contribution in [0.15, 0.2) is 58.4 Å². The third kappa shape index (κ3) is 4.04. The fraction of sp³-hybridized carbons (Fsp3) is 0.360. The first-order valence-electron chi connectivity index (χ1n) is 10.5. The number of carbonyl (C=O) groups excluding carboxylic acids is 1. The second kappa shape index (κ2) is 7.95. The van der Waals surface area contributed by atoms with Crippen LogP contribution in [0, 0.1) is 0 Å². The van der Waals surface area contributed by atoms with Crippen LogP contribution < -0.4 is 10.2 Å². The molecule has 1 N–H and O–H groups in total. The van der Waals surface area contributed by atoms with Gasteiger partial charge in [-0.2, -0.15) is 0 Å². The molecule has 0 aliphatic carbocycles. The standard InChI is InChI=1S/C25H29N3OS/c1-16(2)28-21-12-11-18(13-20(21)17(3)15-25(28,4)5)14-22-23(29)27-24(30-22)26-19-9-7-6-8-10-19/h6-14,16-17H,15H2,1-5H3,(H,26,27,29)/b22-14-/t17-/m1/s1. The van der Waals surface area contributed by atoms with Crippen LogP contribution >= 0.6 is 11.8 Å². The molecular weight excluding hydrogens is 390 g/mol. The summed E-state index contributed by atoms with van der Waals surface area (Å²) in [6.07, 6.45) is 3.08. The molecule has 0 radical (unpaired) electrons. The number of rotatable bonds is 3. The molecule has 0 saturated carbocycles. The maximum atomic E-state index is 12.5. The van der Waals surface area contributed by atoms with E-state index in [0.717, 1.165) is 17.7 Å². The summed E-state index contributed by atoms with van der Waals surface area (Å²) in [5.74, 6) is 0.383. The smallest absolute Gasteiger partial charge is 0.264 e. The van der Waals surface area contributed by atoms with Gasteiger partial charge in [-0.3, -0.25) is 4.79 Å². The number of amidine groups is 1. The number of para-hydroxylation sites is 1. The SMILES string of the molecule is CC(C)N1c2ccc(/C=C3\SC(=Nc4ccccc4)NC3=O)cc2[C@H](C)CC1(C)C. The number of anilines is 1. The van der Waals surface area contributed by atoms with E-state index in [-0.39, 0.29) is 11.4 Å². The zero-order valence-corrected chi connectivity index (χ0v) is 19.1. The number of nitrogens with zero attached hydrogens (tertiary/aromatic N) is 2. The minimum Gasteiger partial charge on any atom is -0.364 e. The van der Waals surface area contributed by atoms with Gasteiger partial charge >= 0.3 is 0 Å². The summed E-state index contributed by atoms with van der Waals surface area (Å²) in [5, 5.41) is 3.50. The zero-order chi connectivity index (χ0) is 21.5. The van der Waals surface area contributed by atoms with Crippen molar-refractivity contribution < 1.29 is 4.79 Å². The minimum atomic E-state index is -0.0922. The maximum absolute atomic E-state index is 12.5. The van der Waals surface area contributed by atoms with Crippen molar-refractivity contribution in [2.24, 2.45) is 4.99 Å². The van der Waals surface area contributed by atoms with Crippen molar-refractivity contribution in [3.63, 3.8) is 0 Å². The van der Waals surface area contributed by atoms with Crippen LogP contribution in [0.4, 0.5) is 11.4 Å². The number of fused-ring (bicyclic) bond motifs is 1. The molecule has 5 heteroatoms. The van der Waals surface area contributed by atoms with Crippen molar-refractivity contribution in [2.75, 3.05) is 4.90 Å². The number of hydrogen-bond donors (Lipinski definition) is 1. The highest BCUT2D eigenvalue weighted by molar-refractivity contribution is 8.18. The molecule has 2 aromatic carbocycles. The van der Waals surface area contributed by atoms with E-state index in [9.17, 15) is 4.79 Å². The molecule has 0 unspecified atom stereocenters. The summed E-state index contributed by atoms with van der Waals surface area (Å²) in [7, 11) is 0. The van der Waals surface area contributed by atoms with Gasteiger partial charge in [-0.15, -0.1) is 0 Å². The molecule has 4 rings (SSSR count). The molecule has 0 spiro atoms. The van der Waals surface area contributed by atoms with Gasteiger partial charge in [0.2, 0.25) is 0 Å². The van der Waals surface area contributed by atoms with Crippen LogP contribution in [-0.4, -0.2) is 22.7 Å². The van der Waals surface area contributed by atoms with Crippen LogP contribution in [0.1, 0.15) is 58.1 Å². The van der Waals surface area contributed by atoms with E-state index in [1.807, 2.05) is 36.4 Å². The molecule has 2 heterocycles. The molecule has 1 fully saturated rings. The van der Waals surface area contributed by atoms with E-state index in [1.165, 1.54) is 23.0 Å². The number of aliphatic imine (C=N–C) groups is 1. The van der Waals surface area contributed by atoms with E-state index in [1.54, 1.807) is 0 Å². The van der Waals surface area contributed by atoms with Gasteiger partial charge in [0, 0.05) is 17.3 Å². The summed E-state index contributed by atoms with van der Waals surface area (Å²) < 4.78 is 0. The topological polar surface area (TPSA) is 44.7 Å². The molecule has 1 amide bonds. The third-order valence-electron chi connectivity index (χ3n) is 5.75. The fourth-order valence-corrected chi connectivity index (χ4v) is 5.63. The molecule has 1 atom stereocenters. The van der Waals surface area contributed by atoms with Gasteiger partial charge in [-0.25, -0.2) is 4.99 Å². The molecule has 2 aromatic rings. The highest BCUT2D eigenvalue weighted by Gasteiger charge is 2.37. The number of hydrogen-bond acceptors (Lipinski definition) is 4. The number of amides is 1. The van der Waals surface area contributed by atoms with Crippen molar-refractivity contribution in [1.29, 1.82) is 0 Å². The predicted octanol–water partition coefficient (Wildman–Crippen LogP) is 6.08. The van der Waals surface area contributed by atoms with Gasteiger partial charge in [0.1, 0.15) is 0 Å². The third-order valence-corrected chi connectivity index (χ3v) is 6.66. The largest absolute Gasteiger partial charge is 0.364 e. The molecule has 30 heavy (non-hydrogen) atoms. The van der Waals surface area contributed by atoms with Crippen LogP contribution in [0.5, 0.6) is 0 Å². The van der Waals surface area contributed by atoms with Gasteiger partial charge in [0.15, 0.2) is 5.17 Å². The molecule has 1 saturated heterocycles. The summed E-state index contributed by atoms with van der Waals surface area (Å²) >= 11 is 1.39. The lowest BCUT2D eigenvalue weighted by molar-refractivity contribution is -0.115. The number of carbonyl (C=O) groups is 1. The first-order chi connectivity index (χ1) is 14.2. The first-order valence-corrected chi connectivity index (χ1v) is 11.3. The van der Waals surface area contributed by atoms with Gasteiger partial charge in [-0.1, -0.05) is 31.2 Å². The van der Waals surface area contributed by atoms with Gasteiger partial charge in [0.05, 0.1) is 10.6 Å². The number of benzene rings is 2. The highest BCUT2D eigenvalue weighted by Crippen LogP contribution is 2.45. The Morgan fingerprint density at radius 3 is 2.63 bits per heavy atom. The molecule has 0 aromatic heterocycles. The van der Waals surface area contributed by atoms with Crippen LogP contribution in [-0.2, 0) is 4.79 Å². The number of thioether (sulfide) groups is 1. The Kier molecular flexibility index (Phi) is 5.49. The second-order valence-corrected chi connectivity index (χ2v) is 10.0. The quantitative estimate of drug-likeness (QED) is 0.613. The molecule has 2 aliphatic heterocycles. The zero-order valence-electron chi connectivity index (χ0n) is 18.3. The molecule has 4 nitrogen and oxygen atoms in total. The van der Waals surface area contributed by atoms with Crippen LogP contribution in [0.2, 0.25) is 0 Å². The van der Waals surface area contributed by atoms with Crippen molar-refractivity contribution in [3.8, 4) is 0 Å². The summed E-state index contributed by atoms with van der Waals surface area (Å²) in [5.41, 5.74) is 4.69. The molecule has 2 aliphatic rings. The van der Waals surface area contributed by atoms with E-state index in [2.05, 4.69) is 68.0 Å². The van der Waals surface area contributed by atoms with Gasteiger partial charge < -0.3 is 10.2 Å². The predicted molar refractivity (Wildman–Crippen MR) is 128 cm³/mol. The average Bonchev–Trinajstić information content (AvgIpc) is 3.01. The fourth-order valence-electron chi connectivity index (χ4n) is 4.79. The van der Waals surface area contributed by atoms with Crippen LogP contribution in [0.3, 0.4) is 0 Å². The van der Waals surface area contributed by atoms with E-state index >= 15 is 0 Å². The Bertz CT molecular complexity index is 1020. The lowest BCUT2D eigenvalue weighted by atomic mass is 9.79. The van der Waals surface area contributed by atoms with E-state index in [0.29, 0.717) is 22.0 Å². The minimum absolute atomic E-state index is 0.0922. The molecule has 0 bridgehead atoms. The van der Waals surface area contributed by atoms with Crippen molar-refractivity contribution in [1.82, 2.24) is 5.32 Å². The van der Waals surface area contributed by atoms with Crippen LogP contribution in [0.25, 0.3) is 6.08 Å². The Hall–Kier alpha value is -2.53. The van der Waals surface area contributed by atoms with E-state index < -0.39 is 0 Å². The summed E-state index contributed by atoms with van der Waals surface area (Å²) in [6.45, 7) is 11.5. The molecular formula is C25H29N3OS. The average molecular weight is 420 g/mol. The Balaban J connectivity index is 1.63.